The fourth-order valence-electron chi connectivity index (χ4n) is 1.42. The fourth-order valence-corrected chi connectivity index (χ4v) is 1.60. The van der Waals surface area contributed by atoms with Crippen LogP contribution in [-0.2, 0) is 4.79 Å². The highest BCUT2D eigenvalue weighted by atomic mass is 35.5. The summed E-state index contributed by atoms with van der Waals surface area (Å²) in [6, 6.07) is 8.99. The zero-order chi connectivity index (χ0) is 13.5. The molecule has 0 saturated carbocycles. The van der Waals surface area contributed by atoms with Crippen molar-refractivity contribution < 1.29 is 9.53 Å². The number of hydrogen-bond donors (Lipinski definition) is 0. The summed E-state index contributed by atoms with van der Waals surface area (Å²) in [5.74, 6) is 0.305. The van der Waals surface area contributed by atoms with Gasteiger partial charge in [0.25, 0.3) is 5.91 Å². The molecule has 0 aromatic heterocycles. The molecule has 0 aliphatic heterocycles. The Morgan fingerprint density at radius 3 is 2.83 bits per heavy atom. The summed E-state index contributed by atoms with van der Waals surface area (Å²) in [5.41, 5.74) is 0. The zero-order valence-corrected chi connectivity index (χ0v) is 11.1. The Hall–Kier alpha value is -1.73. The lowest BCUT2D eigenvalue weighted by Crippen LogP contribution is -2.38. The molecule has 1 aromatic carbocycles. The third-order valence-corrected chi connectivity index (χ3v) is 2.74. The lowest BCUT2D eigenvalue weighted by molar-refractivity contribution is -0.136. The zero-order valence-electron chi connectivity index (χ0n) is 10.4. The highest BCUT2D eigenvalue weighted by molar-refractivity contribution is 6.32. The smallest absolute Gasteiger partial charge is 0.263 e. The van der Waals surface area contributed by atoms with Crippen LogP contribution in [0.4, 0.5) is 0 Å². The van der Waals surface area contributed by atoms with Crippen molar-refractivity contribution in [3.8, 4) is 11.8 Å². The van der Waals surface area contributed by atoms with Crippen molar-refractivity contribution in [2.75, 3.05) is 13.6 Å². The SMILES string of the molecule is CC(Oc1ccccc1Cl)C(=O)N(C)CCC#N. The van der Waals surface area contributed by atoms with E-state index in [4.69, 9.17) is 21.6 Å². The Morgan fingerprint density at radius 1 is 1.56 bits per heavy atom. The van der Waals surface area contributed by atoms with Gasteiger partial charge in [-0.25, -0.2) is 0 Å². The third kappa shape index (κ3) is 3.94. The third-order valence-electron chi connectivity index (χ3n) is 2.42. The van der Waals surface area contributed by atoms with Crippen LogP contribution in [0.15, 0.2) is 24.3 Å². The van der Waals surface area contributed by atoms with Gasteiger partial charge in [0, 0.05) is 13.6 Å². The first kappa shape index (κ1) is 14.3. The van der Waals surface area contributed by atoms with E-state index in [1.165, 1.54) is 4.90 Å². The van der Waals surface area contributed by atoms with Crippen LogP contribution in [0.25, 0.3) is 0 Å². The largest absolute Gasteiger partial charge is 0.479 e. The van der Waals surface area contributed by atoms with E-state index in [0.717, 1.165) is 0 Å². The molecule has 0 fully saturated rings. The average Bonchev–Trinajstić information content (AvgIpc) is 2.37. The second kappa shape index (κ2) is 6.87. The van der Waals surface area contributed by atoms with Crippen LogP contribution < -0.4 is 4.74 Å². The van der Waals surface area contributed by atoms with Gasteiger partial charge >= 0.3 is 0 Å². The van der Waals surface area contributed by atoms with Gasteiger partial charge in [-0.2, -0.15) is 5.26 Å². The van der Waals surface area contributed by atoms with E-state index in [0.29, 0.717) is 23.7 Å². The molecule has 4 nitrogen and oxygen atoms in total. The molecule has 0 N–H and O–H groups in total. The summed E-state index contributed by atoms with van der Waals surface area (Å²) >= 11 is 5.94. The van der Waals surface area contributed by atoms with Crippen LogP contribution >= 0.6 is 11.6 Å². The predicted molar refractivity (Wildman–Crippen MR) is 69.4 cm³/mol. The Kier molecular flexibility index (Phi) is 5.47. The molecule has 18 heavy (non-hydrogen) atoms. The Morgan fingerprint density at radius 2 is 2.22 bits per heavy atom. The number of nitrogens with zero attached hydrogens (tertiary/aromatic N) is 2. The number of halogens is 1. The molecule has 0 bridgehead atoms. The van der Waals surface area contributed by atoms with Gasteiger partial charge in [-0.3, -0.25) is 4.79 Å². The van der Waals surface area contributed by atoms with Crippen molar-refractivity contribution in [3.05, 3.63) is 29.3 Å². The standard InChI is InChI=1S/C13H15ClN2O2/c1-10(13(17)16(2)9-5-8-15)18-12-7-4-3-6-11(12)14/h3-4,6-7,10H,5,9H2,1-2H3. The molecule has 1 rings (SSSR count). The van der Waals surface area contributed by atoms with Gasteiger partial charge in [0.15, 0.2) is 6.10 Å². The van der Waals surface area contributed by atoms with Gasteiger partial charge in [0.1, 0.15) is 5.75 Å². The summed E-state index contributed by atoms with van der Waals surface area (Å²) in [5, 5.41) is 8.94. The maximum absolute atomic E-state index is 11.9. The first-order valence-corrected chi connectivity index (χ1v) is 5.97. The molecule has 1 atom stereocenters. The van der Waals surface area contributed by atoms with E-state index < -0.39 is 6.10 Å². The van der Waals surface area contributed by atoms with Crippen LogP contribution in [0.5, 0.6) is 5.75 Å². The Balaban J connectivity index is 2.60. The summed E-state index contributed by atoms with van der Waals surface area (Å²) in [6.07, 6.45) is -0.324. The van der Waals surface area contributed by atoms with E-state index in [9.17, 15) is 4.79 Å². The van der Waals surface area contributed by atoms with Gasteiger partial charge in [0.05, 0.1) is 17.5 Å². The summed E-state index contributed by atoms with van der Waals surface area (Å²) in [7, 11) is 1.64. The number of benzene rings is 1. The van der Waals surface area contributed by atoms with Crippen LogP contribution in [0, 0.1) is 11.3 Å². The van der Waals surface area contributed by atoms with Crippen molar-refractivity contribution in [2.24, 2.45) is 0 Å². The van der Waals surface area contributed by atoms with Gasteiger partial charge < -0.3 is 9.64 Å². The van der Waals surface area contributed by atoms with Crippen molar-refractivity contribution in [1.82, 2.24) is 4.90 Å². The number of carbonyl (C=O) groups excluding carboxylic acids is 1. The van der Waals surface area contributed by atoms with E-state index in [2.05, 4.69) is 0 Å². The first-order chi connectivity index (χ1) is 8.56. The molecule has 5 heteroatoms. The minimum absolute atomic E-state index is 0.176. The summed E-state index contributed by atoms with van der Waals surface area (Å²) in [6.45, 7) is 2.06. The van der Waals surface area contributed by atoms with Crippen LogP contribution in [0.2, 0.25) is 5.02 Å². The molecule has 0 aliphatic carbocycles. The molecule has 0 saturated heterocycles. The second-order valence-corrected chi connectivity index (χ2v) is 4.27. The number of para-hydroxylation sites is 1. The van der Waals surface area contributed by atoms with E-state index in [-0.39, 0.29) is 5.91 Å². The number of carbonyl (C=O) groups is 1. The number of hydrogen-bond acceptors (Lipinski definition) is 3. The second-order valence-electron chi connectivity index (χ2n) is 3.86. The van der Waals surface area contributed by atoms with Gasteiger partial charge in [-0.1, -0.05) is 23.7 Å². The maximum Gasteiger partial charge on any atom is 0.263 e. The van der Waals surface area contributed by atoms with Crippen molar-refractivity contribution >= 4 is 17.5 Å². The molecule has 0 heterocycles. The van der Waals surface area contributed by atoms with Gasteiger partial charge in [0.2, 0.25) is 0 Å². The molecule has 96 valence electrons. The molecular formula is C13H15ClN2O2. The van der Waals surface area contributed by atoms with E-state index in [1.807, 2.05) is 6.07 Å². The highest BCUT2D eigenvalue weighted by Crippen LogP contribution is 2.24. The van der Waals surface area contributed by atoms with E-state index in [1.54, 1.807) is 38.2 Å². The topological polar surface area (TPSA) is 53.3 Å². The van der Waals surface area contributed by atoms with Gasteiger partial charge in [-0.15, -0.1) is 0 Å². The first-order valence-electron chi connectivity index (χ1n) is 5.59. The van der Waals surface area contributed by atoms with Crippen molar-refractivity contribution in [3.63, 3.8) is 0 Å². The number of ether oxygens (including phenoxy) is 1. The predicted octanol–water partition coefficient (Wildman–Crippen LogP) is 2.48. The Bertz CT molecular complexity index is 457. The van der Waals surface area contributed by atoms with Gasteiger partial charge in [-0.05, 0) is 19.1 Å². The summed E-state index contributed by atoms with van der Waals surface area (Å²) in [4.78, 5) is 13.4. The number of amides is 1. The number of nitriles is 1. The van der Waals surface area contributed by atoms with Crippen LogP contribution in [0.1, 0.15) is 13.3 Å². The summed E-state index contributed by atoms with van der Waals surface area (Å²) < 4.78 is 5.50. The fraction of sp³-hybridized carbons (Fsp3) is 0.385. The van der Waals surface area contributed by atoms with Crippen molar-refractivity contribution in [2.45, 2.75) is 19.4 Å². The Labute approximate surface area is 112 Å². The van der Waals surface area contributed by atoms with Crippen LogP contribution in [0.3, 0.4) is 0 Å². The average molecular weight is 267 g/mol. The van der Waals surface area contributed by atoms with E-state index >= 15 is 0 Å². The van der Waals surface area contributed by atoms with Crippen molar-refractivity contribution in [1.29, 1.82) is 5.26 Å². The molecule has 0 radical (unpaired) electrons. The monoisotopic (exact) mass is 266 g/mol. The van der Waals surface area contributed by atoms with Crippen LogP contribution in [-0.4, -0.2) is 30.5 Å². The number of rotatable bonds is 5. The molecule has 1 aromatic rings. The maximum atomic E-state index is 11.9. The quantitative estimate of drug-likeness (QED) is 0.823. The number of likely N-dealkylation sites (N-methyl/N-ethyl adjacent to an activating group) is 1. The molecule has 1 amide bonds. The minimum Gasteiger partial charge on any atom is -0.479 e. The lowest BCUT2D eigenvalue weighted by Gasteiger charge is -2.21. The normalized spacial score (nSPS) is 11.4. The lowest BCUT2D eigenvalue weighted by atomic mass is 10.3. The highest BCUT2D eigenvalue weighted by Gasteiger charge is 2.19. The molecule has 0 spiro atoms. The molecular weight excluding hydrogens is 252 g/mol. The molecule has 1 unspecified atom stereocenters. The minimum atomic E-state index is -0.631. The molecule has 0 aliphatic rings.